The van der Waals surface area contributed by atoms with Crippen molar-refractivity contribution in [3.63, 3.8) is 0 Å². The molecule has 2 aliphatic rings. The van der Waals surface area contributed by atoms with Crippen molar-refractivity contribution in [1.29, 1.82) is 0 Å². The predicted octanol–water partition coefficient (Wildman–Crippen LogP) is 3.10. The minimum atomic E-state index is -0.362. The van der Waals surface area contributed by atoms with Crippen molar-refractivity contribution in [2.75, 3.05) is 36.0 Å². The molecule has 1 unspecified atom stereocenters. The zero-order chi connectivity index (χ0) is 19.0. The first kappa shape index (κ1) is 18.0. The molecule has 2 aromatic rings. The van der Waals surface area contributed by atoms with Crippen molar-refractivity contribution >= 4 is 34.8 Å². The van der Waals surface area contributed by atoms with E-state index in [2.05, 4.69) is 9.80 Å². The van der Waals surface area contributed by atoms with Crippen LogP contribution in [0.3, 0.4) is 0 Å². The van der Waals surface area contributed by atoms with E-state index in [4.69, 9.17) is 11.6 Å². The largest absolute Gasteiger partial charge is 0.369 e. The van der Waals surface area contributed by atoms with Gasteiger partial charge in [0.15, 0.2) is 0 Å². The fourth-order valence-corrected chi connectivity index (χ4v) is 4.12. The third kappa shape index (κ3) is 3.45. The lowest BCUT2D eigenvalue weighted by atomic mass is 10.1. The highest BCUT2D eigenvalue weighted by Crippen LogP contribution is 2.29. The van der Waals surface area contributed by atoms with E-state index < -0.39 is 0 Å². The van der Waals surface area contributed by atoms with Crippen LogP contribution in [0, 0.1) is 6.92 Å². The molecule has 6 heteroatoms. The first-order valence-corrected chi connectivity index (χ1v) is 9.59. The lowest BCUT2D eigenvalue weighted by molar-refractivity contribution is -0.123. The van der Waals surface area contributed by atoms with E-state index in [0.717, 1.165) is 42.5 Å². The zero-order valence-corrected chi connectivity index (χ0v) is 16.0. The summed E-state index contributed by atoms with van der Waals surface area (Å²) in [5.74, 6) is -0.220. The van der Waals surface area contributed by atoms with E-state index in [0.29, 0.717) is 5.69 Å². The molecule has 4 rings (SSSR count). The van der Waals surface area contributed by atoms with Gasteiger partial charge in [-0.2, -0.15) is 0 Å². The number of nitrogens with zero attached hydrogens (tertiary/aromatic N) is 3. The Hall–Kier alpha value is -2.37. The summed E-state index contributed by atoms with van der Waals surface area (Å²) in [5, 5.41) is 0.723. The predicted molar refractivity (Wildman–Crippen MR) is 107 cm³/mol. The van der Waals surface area contributed by atoms with Gasteiger partial charge >= 0.3 is 0 Å². The van der Waals surface area contributed by atoms with Gasteiger partial charge in [-0.1, -0.05) is 35.9 Å². The molecule has 140 valence electrons. The first-order valence-electron chi connectivity index (χ1n) is 9.21. The number of anilines is 2. The number of para-hydroxylation sites is 1. The summed E-state index contributed by atoms with van der Waals surface area (Å²) in [6.07, 6.45) is 0.254. The van der Waals surface area contributed by atoms with Crippen molar-refractivity contribution < 1.29 is 9.59 Å². The Kier molecular flexibility index (Phi) is 4.89. The summed E-state index contributed by atoms with van der Waals surface area (Å²) >= 11 is 6.09. The molecule has 0 radical (unpaired) electrons. The second-order valence-corrected chi connectivity index (χ2v) is 7.51. The number of carbonyl (C=O) groups is 2. The van der Waals surface area contributed by atoms with Crippen molar-refractivity contribution in [2.45, 2.75) is 19.4 Å². The monoisotopic (exact) mass is 383 g/mol. The van der Waals surface area contributed by atoms with Crippen molar-refractivity contribution in [3.05, 3.63) is 59.1 Å². The highest BCUT2D eigenvalue weighted by atomic mass is 35.5. The molecule has 0 spiro atoms. The lowest BCUT2D eigenvalue weighted by Gasteiger charge is -2.38. The number of piperazine rings is 1. The average Bonchev–Trinajstić information content (AvgIpc) is 2.97. The molecule has 0 bridgehead atoms. The molecule has 27 heavy (non-hydrogen) atoms. The minimum Gasteiger partial charge on any atom is -0.369 e. The highest BCUT2D eigenvalue weighted by molar-refractivity contribution is 6.30. The molecule has 2 amide bonds. The SMILES string of the molecule is Cc1ccccc1N1C(=O)CC(N2CCN(c3cccc(Cl)c3)CC2)C1=O. The maximum Gasteiger partial charge on any atom is 0.251 e. The van der Waals surface area contributed by atoms with Gasteiger partial charge in [-0.15, -0.1) is 0 Å². The van der Waals surface area contributed by atoms with E-state index in [1.165, 1.54) is 4.90 Å². The van der Waals surface area contributed by atoms with E-state index >= 15 is 0 Å². The molecule has 2 saturated heterocycles. The van der Waals surface area contributed by atoms with Gasteiger partial charge in [-0.3, -0.25) is 14.5 Å². The summed E-state index contributed by atoms with van der Waals surface area (Å²) < 4.78 is 0. The van der Waals surface area contributed by atoms with Gasteiger partial charge in [0.2, 0.25) is 5.91 Å². The quantitative estimate of drug-likeness (QED) is 0.764. The Morgan fingerprint density at radius 3 is 2.41 bits per heavy atom. The number of benzene rings is 2. The second kappa shape index (κ2) is 7.33. The van der Waals surface area contributed by atoms with Gasteiger partial charge in [0.05, 0.1) is 18.2 Å². The topological polar surface area (TPSA) is 43.9 Å². The normalized spacial score (nSPS) is 21.2. The van der Waals surface area contributed by atoms with E-state index in [-0.39, 0.29) is 24.3 Å². The van der Waals surface area contributed by atoms with Crippen molar-refractivity contribution in [2.24, 2.45) is 0 Å². The summed E-state index contributed by atoms with van der Waals surface area (Å²) in [4.78, 5) is 31.3. The number of imide groups is 1. The number of hydrogen-bond acceptors (Lipinski definition) is 4. The Morgan fingerprint density at radius 2 is 1.70 bits per heavy atom. The molecule has 0 N–H and O–H groups in total. The molecule has 2 aliphatic heterocycles. The van der Waals surface area contributed by atoms with Gasteiger partial charge in [0.25, 0.3) is 5.91 Å². The molecule has 5 nitrogen and oxygen atoms in total. The lowest BCUT2D eigenvalue weighted by Crippen LogP contribution is -2.52. The Labute approximate surface area is 164 Å². The van der Waals surface area contributed by atoms with Crippen LogP contribution in [0.4, 0.5) is 11.4 Å². The summed E-state index contributed by atoms with van der Waals surface area (Å²) in [5.41, 5.74) is 2.73. The molecule has 2 aromatic carbocycles. The summed E-state index contributed by atoms with van der Waals surface area (Å²) in [6, 6.07) is 15.0. The van der Waals surface area contributed by atoms with Gasteiger partial charge in [0, 0.05) is 36.9 Å². The Balaban J connectivity index is 1.45. The van der Waals surface area contributed by atoms with Crippen LogP contribution >= 0.6 is 11.6 Å². The molecular weight excluding hydrogens is 362 g/mol. The first-order chi connectivity index (χ1) is 13.0. The Bertz CT molecular complexity index is 877. The number of hydrogen-bond donors (Lipinski definition) is 0. The molecule has 2 heterocycles. The van der Waals surface area contributed by atoms with E-state index in [9.17, 15) is 9.59 Å². The summed E-state index contributed by atoms with van der Waals surface area (Å²) in [6.45, 7) is 5.04. The molecule has 1 atom stereocenters. The van der Waals surface area contributed by atoms with E-state index in [1.807, 2.05) is 55.5 Å². The highest BCUT2D eigenvalue weighted by Gasteiger charge is 2.43. The molecule has 2 fully saturated rings. The van der Waals surface area contributed by atoms with Crippen LogP contribution in [-0.4, -0.2) is 48.9 Å². The third-order valence-electron chi connectivity index (χ3n) is 5.41. The van der Waals surface area contributed by atoms with Crippen LogP contribution in [0.1, 0.15) is 12.0 Å². The van der Waals surface area contributed by atoms with Crippen LogP contribution in [0.25, 0.3) is 0 Å². The van der Waals surface area contributed by atoms with Crippen LogP contribution < -0.4 is 9.80 Å². The number of rotatable bonds is 3. The molecule has 0 aliphatic carbocycles. The maximum atomic E-state index is 13.0. The zero-order valence-electron chi connectivity index (χ0n) is 15.3. The maximum absolute atomic E-state index is 13.0. The number of amides is 2. The molecule has 0 saturated carbocycles. The van der Waals surface area contributed by atoms with Gasteiger partial charge < -0.3 is 4.90 Å². The van der Waals surface area contributed by atoms with Crippen molar-refractivity contribution in [1.82, 2.24) is 4.90 Å². The minimum absolute atomic E-state index is 0.106. The van der Waals surface area contributed by atoms with Gasteiger partial charge in [-0.05, 0) is 36.8 Å². The fourth-order valence-electron chi connectivity index (χ4n) is 3.93. The van der Waals surface area contributed by atoms with Gasteiger partial charge in [0.1, 0.15) is 0 Å². The third-order valence-corrected chi connectivity index (χ3v) is 5.64. The Morgan fingerprint density at radius 1 is 0.963 bits per heavy atom. The average molecular weight is 384 g/mol. The van der Waals surface area contributed by atoms with Crippen LogP contribution in [0.2, 0.25) is 5.02 Å². The van der Waals surface area contributed by atoms with Crippen LogP contribution in [0.15, 0.2) is 48.5 Å². The second-order valence-electron chi connectivity index (χ2n) is 7.08. The van der Waals surface area contributed by atoms with Crippen LogP contribution in [-0.2, 0) is 9.59 Å². The fraction of sp³-hybridized carbons (Fsp3) is 0.333. The number of aryl methyl sites for hydroxylation is 1. The van der Waals surface area contributed by atoms with E-state index in [1.54, 1.807) is 0 Å². The summed E-state index contributed by atoms with van der Waals surface area (Å²) in [7, 11) is 0. The number of halogens is 1. The van der Waals surface area contributed by atoms with Crippen molar-refractivity contribution in [3.8, 4) is 0 Å². The molecule has 0 aromatic heterocycles. The number of carbonyl (C=O) groups excluding carboxylic acids is 2. The van der Waals surface area contributed by atoms with Gasteiger partial charge in [-0.25, -0.2) is 4.90 Å². The molecular formula is C21H22ClN3O2. The van der Waals surface area contributed by atoms with Crippen LogP contribution in [0.5, 0.6) is 0 Å². The smallest absolute Gasteiger partial charge is 0.251 e. The standard InChI is InChI=1S/C21H22ClN3O2/c1-15-5-2-3-8-18(15)25-20(26)14-19(21(25)27)24-11-9-23(10-12-24)17-7-4-6-16(22)13-17/h2-8,13,19H,9-12,14H2,1H3.